The van der Waals surface area contributed by atoms with E-state index in [1.165, 1.54) is 25.1 Å². The SMILES string of the molecule is CC(=O)NCCNC(=O)Nc1ccc(C(=O)O)cc1Cl. The quantitative estimate of drug-likeness (QED) is 0.615. The lowest BCUT2D eigenvalue weighted by Crippen LogP contribution is -2.36. The number of hydrogen-bond acceptors (Lipinski definition) is 3. The van der Waals surface area contributed by atoms with Crippen molar-refractivity contribution in [3.05, 3.63) is 28.8 Å². The summed E-state index contributed by atoms with van der Waals surface area (Å²) < 4.78 is 0. The van der Waals surface area contributed by atoms with Gasteiger partial charge in [-0.05, 0) is 18.2 Å². The van der Waals surface area contributed by atoms with Crippen LogP contribution < -0.4 is 16.0 Å². The molecule has 0 aliphatic carbocycles. The summed E-state index contributed by atoms with van der Waals surface area (Å²) in [5, 5.41) is 16.4. The van der Waals surface area contributed by atoms with Crippen LogP contribution in [0.4, 0.5) is 10.5 Å². The van der Waals surface area contributed by atoms with Crippen LogP contribution in [0.25, 0.3) is 0 Å². The molecular formula is C12H14ClN3O4. The van der Waals surface area contributed by atoms with Gasteiger partial charge in [-0.15, -0.1) is 0 Å². The molecule has 0 fully saturated rings. The Hall–Kier alpha value is -2.28. The van der Waals surface area contributed by atoms with E-state index in [-0.39, 0.29) is 23.0 Å². The summed E-state index contributed by atoms with van der Waals surface area (Å²) >= 11 is 5.86. The number of rotatable bonds is 5. The Morgan fingerprint density at radius 3 is 2.40 bits per heavy atom. The summed E-state index contributed by atoms with van der Waals surface area (Å²) in [5.74, 6) is -1.28. The molecule has 0 saturated carbocycles. The Bertz CT molecular complexity index is 533. The summed E-state index contributed by atoms with van der Waals surface area (Å²) in [6, 6.07) is 3.48. The van der Waals surface area contributed by atoms with Crippen molar-refractivity contribution in [3.63, 3.8) is 0 Å². The van der Waals surface area contributed by atoms with Crippen LogP contribution in [0.3, 0.4) is 0 Å². The standard InChI is InChI=1S/C12H14ClN3O4/c1-7(17)14-4-5-15-12(20)16-10-3-2-8(11(18)19)6-9(10)13/h2-3,6H,4-5H2,1H3,(H,14,17)(H,18,19)(H2,15,16,20). The molecule has 108 valence electrons. The summed E-state index contributed by atoms with van der Waals surface area (Å²) in [4.78, 5) is 32.8. The number of carboxylic acid groups (broad SMARTS) is 1. The largest absolute Gasteiger partial charge is 0.478 e. The van der Waals surface area contributed by atoms with E-state index in [1.807, 2.05) is 0 Å². The van der Waals surface area contributed by atoms with Crippen LogP contribution in [0.5, 0.6) is 0 Å². The Balaban J connectivity index is 2.50. The van der Waals surface area contributed by atoms with Gasteiger partial charge < -0.3 is 21.1 Å². The molecule has 0 aliphatic rings. The van der Waals surface area contributed by atoms with Crippen LogP contribution >= 0.6 is 11.6 Å². The molecule has 0 spiro atoms. The third kappa shape index (κ3) is 5.15. The van der Waals surface area contributed by atoms with E-state index in [4.69, 9.17) is 16.7 Å². The number of nitrogens with one attached hydrogen (secondary N) is 3. The highest BCUT2D eigenvalue weighted by Gasteiger charge is 2.09. The lowest BCUT2D eigenvalue weighted by atomic mass is 10.2. The zero-order valence-corrected chi connectivity index (χ0v) is 11.5. The second-order valence-corrected chi connectivity index (χ2v) is 4.27. The first kappa shape index (κ1) is 15.8. The van der Waals surface area contributed by atoms with E-state index in [2.05, 4.69) is 16.0 Å². The maximum atomic E-state index is 11.5. The number of carbonyl (C=O) groups is 3. The van der Waals surface area contributed by atoms with E-state index in [1.54, 1.807) is 0 Å². The normalized spacial score (nSPS) is 9.70. The summed E-state index contributed by atoms with van der Waals surface area (Å²) in [7, 11) is 0. The van der Waals surface area contributed by atoms with E-state index < -0.39 is 12.0 Å². The highest BCUT2D eigenvalue weighted by Crippen LogP contribution is 2.22. The third-order valence-electron chi connectivity index (χ3n) is 2.25. The first-order valence-corrected chi connectivity index (χ1v) is 6.10. The van der Waals surface area contributed by atoms with E-state index in [9.17, 15) is 14.4 Å². The maximum absolute atomic E-state index is 11.5. The van der Waals surface area contributed by atoms with Gasteiger partial charge in [0.05, 0.1) is 16.3 Å². The van der Waals surface area contributed by atoms with Gasteiger partial charge in [-0.2, -0.15) is 0 Å². The number of benzene rings is 1. The number of carbonyl (C=O) groups excluding carboxylic acids is 2. The smallest absolute Gasteiger partial charge is 0.335 e. The molecule has 0 atom stereocenters. The van der Waals surface area contributed by atoms with Crippen LogP contribution in [-0.4, -0.2) is 36.1 Å². The van der Waals surface area contributed by atoms with Crippen LogP contribution in [-0.2, 0) is 4.79 Å². The molecule has 0 bridgehead atoms. The van der Waals surface area contributed by atoms with Gasteiger partial charge in [-0.1, -0.05) is 11.6 Å². The fourth-order valence-electron chi connectivity index (χ4n) is 1.33. The number of carboxylic acids is 1. The molecule has 7 nitrogen and oxygen atoms in total. The average Bonchev–Trinajstić information content (AvgIpc) is 2.36. The fourth-order valence-corrected chi connectivity index (χ4v) is 1.56. The van der Waals surface area contributed by atoms with Gasteiger partial charge in [0.15, 0.2) is 0 Å². The van der Waals surface area contributed by atoms with Gasteiger partial charge in [-0.25, -0.2) is 9.59 Å². The summed E-state index contributed by atoms with van der Waals surface area (Å²) in [5.41, 5.74) is 0.334. The van der Waals surface area contributed by atoms with Crippen molar-refractivity contribution in [1.82, 2.24) is 10.6 Å². The molecule has 0 radical (unpaired) electrons. The number of urea groups is 1. The third-order valence-corrected chi connectivity index (χ3v) is 2.56. The zero-order chi connectivity index (χ0) is 15.1. The lowest BCUT2D eigenvalue weighted by molar-refractivity contribution is -0.118. The minimum atomic E-state index is -1.10. The minimum Gasteiger partial charge on any atom is -0.478 e. The fraction of sp³-hybridized carbons (Fsp3) is 0.250. The Morgan fingerprint density at radius 2 is 1.85 bits per heavy atom. The molecule has 20 heavy (non-hydrogen) atoms. The van der Waals surface area contributed by atoms with E-state index >= 15 is 0 Å². The van der Waals surface area contributed by atoms with Gasteiger partial charge in [0.1, 0.15) is 0 Å². The maximum Gasteiger partial charge on any atom is 0.335 e. The number of hydrogen-bond donors (Lipinski definition) is 4. The molecule has 3 amide bonds. The van der Waals surface area contributed by atoms with Crippen molar-refractivity contribution in [3.8, 4) is 0 Å². The topological polar surface area (TPSA) is 108 Å². The first-order chi connectivity index (χ1) is 9.40. The van der Waals surface area contributed by atoms with Gasteiger partial charge in [0.2, 0.25) is 5.91 Å². The Labute approximate surface area is 120 Å². The molecule has 1 rings (SSSR count). The number of anilines is 1. The van der Waals surface area contributed by atoms with Crippen molar-refractivity contribution < 1.29 is 19.5 Å². The molecule has 1 aromatic rings. The molecular weight excluding hydrogens is 286 g/mol. The first-order valence-electron chi connectivity index (χ1n) is 5.72. The molecule has 1 aromatic carbocycles. The molecule has 0 unspecified atom stereocenters. The van der Waals surface area contributed by atoms with Crippen molar-refractivity contribution in [2.75, 3.05) is 18.4 Å². The van der Waals surface area contributed by atoms with E-state index in [0.717, 1.165) is 0 Å². The van der Waals surface area contributed by atoms with Crippen LogP contribution in [0.15, 0.2) is 18.2 Å². The average molecular weight is 300 g/mol. The molecule has 8 heteroatoms. The van der Waals surface area contributed by atoms with Crippen molar-refractivity contribution >= 4 is 35.2 Å². The molecule has 0 aliphatic heterocycles. The minimum absolute atomic E-state index is 0.0339. The second-order valence-electron chi connectivity index (χ2n) is 3.86. The molecule has 0 saturated heterocycles. The van der Waals surface area contributed by atoms with Crippen LogP contribution in [0.2, 0.25) is 5.02 Å². The predicted molar refractivity (Wildman–Crippen MR) is 74.1 cm³/mol. The van der Waals surface area contributed by atoms with E-state index in [0.29, 0.717) is 12.2 Å². The van der Waals surface area contributed by atoms with Crippen molar-refractivity contribution in [1.29, 1.82) is 0 Å². The van der Waals surface area contributed by atoms with Crippen molar-refractivity contribution in [2.24, 2.45) is 0 Å². The molecule has 0 heterocycles. The van der Waals surface area contributed by atoms with Gasteiger partial charge in [-0.3, -0.25) is 4.79 Å². The van der Waals surface area contributed by atoms with Crippen molar-refractivity contribution in [2.45, 2.75) is 6.92 Å². The zero-order valence-electron chi connectivity index (χ0n) is 10.7. The van der Waals surface area contributed by atoms with Gasteiger partial charge in [0.25, 0.3) is 0 Å². The number of aromatic carboxylic acids is 1. The van der Waals surface area contributed by atoms with Crippen LogP contribution in [0.1, 0.15) is 17.3 Å². The number of amides is 3. The van der Waals surface area contributed by atoms with Crippen LogP contribution in [0, 0.1) is 0 Å². The Morgan fingerprint density at radius 1 is 1.20 bits per heavy atom. The monoisotopic (exact) mass is 299 g/mol. The highest BCUT2D eigenvalue weighted by molar-refractivity contribution is 6.34. The summed E-state index contributed by atoms with van der Waals surface area (Å²) in [6.07, 6.45) is 0. The highest BCUT2D eigenvalue weighted by atomic mass is 35.5. The summed E-state index contributed by atoms with van der Waals surface area (Å²) in [6.45, 7) is 1.95. The number of halogens is 1. The second kappa shape index (κ2) is 7.34. The van der Waals surface area contributed by atoms with Gasteiger partial charge in [0, 0.05) is 20.0 Å². The lowest BCUT2D eigenvalue weighted by Gasteiger charge is -2.09. The van der Waals surface area contributed by atoms with Gasteiger partial charge >= 0.3 is 12.0 Å². The predicted octanol–water partition coefficient (Wildman–Crippen LogP) is 1.30. The molecule has 4 N–H and O–H groups in total. The Kier molecular flexibility index (Phi) is 5.79. The molecule has 0 aromatic heterocycles.